The molecule has 1 aromatic heterocycles. The molecule has 0 spiro atoms. The van der Waals surface area contributed by atoms with Crippen molar-refractivity contribution < 1.29 is 13.5 Å². The fourth-order valence-corrected chi connectivity index (χ4v) is 4.24. The standard InChI is InChI=1S/C31H25F2N3O/c1-20-29(21(2)36-18-22-13-26(32)16-27(33)14-22)7-4-8-31(20)37-28-10-12-35-30(17-28)24-6-3-5-23(15-24)25-9-11-34-19-25/h3-17,36H,2,18-19H2,1H3. The predicted octanol–water partition coefficient (Wildman–Crippen LogP) is 7.36. The molecule has 0 aliphatic carbocycles. The minimum atomic E-state index is -0.609. The first kappa shape index (κ1) is 24.1. The van der Waals surface area contributed by atoms with Crippen molar-refractivity contribution in [3.05, 3.63) is 126 Å². The molecule has 0 unspecified atom stereocenters. The van der Waals surface area contributed by atoms with Gasteiger partial charge in [0.2, 0.25) is 0 Å². The van der Waals surface area contributed by atoms with E-state index in [2.05, 4.69) is 34.0 Å². The summed E-state index contributed by atoms with van der Waals surface area (Å²) in [5.74, 6) is 0.119. The van der Waals surface area contributed by atoms with Crippen LogP contribution in [0.2, 0.25) is 0 Å². The van der Waals surface area contributed by atoms with Crippen molar-refractivity contribution in [1.29, 1.82) is 0 Å². The summed E-state index contributed by atoms with van der Waals surface area (Å²) in [6.07, 6.45) is 5.59. The van der Waals surface area contributed by atoms with Crippen molar-refractivity contribution in [2.24, 2.45) is 4.99 Å². The van der Waals surface area contributed by atoms with E-state index in [0.717, 1.165) is 34.0 Å². The van der Waals surface area contributed by atoms with E-state index in [1.165, 1.54) is 17.7 Å². The molecule has 3 aromatic carbocycles. The predicted molar refractivity (Wildman–Crippen MR) is 144 cm³/mol. The number of benzene rings is 3. The molecule has 1 aliphatic heterocycles. The Morgan fingerprint density at radius 3 is 2.54 bits per heavy atom. The zero-order valence-electron chi connectivity index (χ0n) is 20.3. The number of aromatic nitrogens is 1. The highest BCUT2D eigenvalue weighted by molar-refractivity contribution is 5.90. The monoisotopic (exact) mass is 493 g/mol. The first-order valence-corrected chi connectivity index (χ1v) is 11.9. The third kappa shape index (κ3) is 5.64. The smallest absolute Gasteiger partial charge is 0.131 e. The molecule has 6 heteroatoms. The molecule has 2 heterocycles. The lowest BCUT2D eigenvalue weighted by Crippen LogP contribution is -2.12. The van der Waals surface area contributed by atoms with Gasteiger partial charge in [0.1, 0.15) is 23.1 Å². The highest BCUT2D eigenvalue weighted by atomic mass is 19.1. The second-order valence-electron chi connectivity index (χ2n) is 8.78. The van der Waals surface area contributed by atoms with Crippen LogP contribution in [0.15, 0.2) is 96.6 Å². The van der Waals surface area contributed by atoms with E-state index in [1.807, 2.05) is 61.7 Å². The maximum absolute atomic E-state index is 13.5. The number of ether oxygens (including phenoxy) is 1. The first-order chi connectivity index (χ1) is 18.0. The zero-order valence-corrected chi connectivity index (χ0v) is 20.3. The van der Waals surface area contributed by atoms with Crippen molar-refractivity contribution in [2.45, 2.75) is 13.5 Å². The summed E-state index contributed by atoms with van der Waals surface area (Å²) < 4.78 is 33.3. The lowest BCUT2D eigenvalue weighted by Gasteiger charge is -2.16. The average Bonchev–Trinajstić information content (AvgIpc) is 3.44. The van der Waals surface area contributed by atoms with Crippen LogP contribution in [0.3, 0.4) is 0 Å². The molecule has 0 saturated heterocycles. The number of pyridine rings is 1. The van der Waals surface area contributed by atoms with Crippen LogP contribution in [0.1, 0.15) is 22.3 Å². The summed E-state index contributed by atoms with van der Waals surface area (Å²) in [5.41, 5.74) is 6.96. The number of hydrogen-bond acceptors (Lipinski definition) is 4. The zero-order chi connectivity index (χ0) is 25.8. The molecule has 0 radical (unpaired) electrons. The minimum absolute atomic E-state index is 0.244. The van der Waals surface area contributed by atoms with Crippen LogP contribution in [-0.2, 0) is 6.54 Å². The number of allylic oxidation sites excluding steroid dienone is 1. The second kappa shape index (κ2) is 10.6. The molecule has 4 nitrogen and oxygen atoms in total. The van der Waals surface area contributed by atoms with Gasteiger partial charge < -0.3 is 10.1 Å². The van der Waals surface area contributed by atoms with E-state index in [9.17, 15) is 8.78 Å². The van der Waals surface area contributed by atoms with Gasteiger partial charge >= 0.3 is 0 Å². The molecule has 37 heavy (non-hydrogen) atoms. The first-order valence-electron chi connectivity index (χ1n) is 11.9. The van der Waals surface area contributed by atoms with Crippen molar-refractivity contribution in [1.82, 2.24) is 10.3 Å². The second-order valence-corrected chi connectivity index (χ2v) is 8.78. The molecule has 4 aromatic rings. The number of hydrogen-bond donors (Lipinski definition) is 1. The topological polar surface area (TPSA) is 46.5 Å². The Morgan fingerprint density at radius 1 is 0.973 bits per heavy atom. The number of nitrogens with one attached hydrogen (secondary N) is 1. The molecule has 184 valence electrons. The molecule has 0 atom stereocenters. The van der Waals surface area contributed by atoms with Gasteiger partial charge in [0, 0.05) is 53.5 Å². The van der Waals surface area contributed by atoms with Gasteiger partial charge in [0.05, 0.1) is 12.2 Å². The van der Waals surface area contributed by atoms with E-state index in [0.29, 0.717) is 29.3 Å². The Kier molecular flexibility index (Phi) is 6.90. The van der Waals surface area contributed by atoms with Gasteiger partial charge in [-0.25, -0.2) is 8.78 Å². The molecular weight excluding hydrogens is 468 g/mol. The van der Waals surface area contributed by atoms with E-state index in [1.54, 1.807) is 6.20 Å². The average molecular weight is 494 g/mol. The quantitative estimate of drug-likeness (QED) is 0.279. The summed E-state index contributed by atoms with van der Waals surface area (Å²) in [5, 5.41) is 3.15. The normalized spacial score (nSPS) is 12.4. The lowest BCUT2D eigenvalue weighted by molar-refractivity contribution is 0.478. The van der Waals surface area contributed by atoms with Crippen molar-refractivity contribution in [3.63, 3.8) is 0 Å². The van der Waals surface area contributed by atoms with Crippen LogP contribution >= 0.6 is 0 Å². The van der Waals surface area contributed by atoms with Gasteiger partial charge in [0.25, 0.3) is 0 Å². The fourth-order valence-electron chi connectivity index (χ4n) is 4.24. The van der Waals surface area contributed by atoms with Gasteiger partial charge in [-0.05, 0) is 60.0 Å². The molecule has 0 bridgehead atoms. The van der Waals surface area contributed by atoms with Gasteiger partial charge in [-0.1, -0.05) is 36.9 Å². The Balaban J connectivity index is 1.32. The maximum atomic E-state index is 13.5. The Morgan fingerprint density at radius 2 is 1.76 bits per heavy atom. The number of nitrogens with zero attached hydrogens (tertiary/aromatic N) is 2. The molecule has 0 fully saturated rings. The van der Waals surface area contributed by atoms with Crippen LogP contribution in [0, 0.1) is 18.6 Å². The molecule has 0 saturated carbocycles. The number of halogens is 2. The van der Waals surface area contributed by atoms with Crippen LogP contribution in [0.25, 0.3) is 22.5 Å². The van der Waals surface area contributed by atoms with Crippen molar-refractivity contribution >= 4 is 17.5 Å². The van der Waals surface area contributed by atoms with E-state index >= 15 is 0 Å². The highest BCUT2D eigenvalue weighted by Crippen LogP contribution is 2.32. The lowest BCUT2D eigenvalue weighted by atomic mass is 10.0. The van der Waals surface area contributed by atoms with Crippen molar-refractivity contribution in [2.75, 3.05) is 6.54 Å². The summed E-state index contributed by atoms with van der Waals surface area (Å²) in [6.45, 7) is 6.99. The van der Waals surface area contributed by atoms with Crippen LogP contribution in [0.4, 0.5) is 8.78 Å². The Hall–Kier alpha value is -4.58. The fraction of sp³-hybridized carbons (Fsp3) is 0.0968. The van der Waals surface area contributed by atoms with Crippen LogP contribution in [0.5, 0.6) is 11.5 Å². The summed E-state index contributed by atoms with van der Waals surface area (Å²) in [6, 6.07) is 21.1. The van der Waals surface area contributed by atoms with Crippen molar-refractivity contribution in [3.8, 4) is 22.8 Å². The third-order valence-electron chi connectivity index (χ3n) is 6.17. The largest absolute Gasteiger partial charge is 0.457 e. The third-order valence-corrected chi connectivity index (χ3v) is 6.17. The molecule has 0 amide bonds. The minimum Gasteiger partial charge on any atom is -0.457 e. The van der Waals surface area contributed by atoms with Gasteiger partial charge in [-0.15, -0.1) is 0 Å². The van der Waals surface area contributed by atoms with E-state index < -0.39 is 11.6 Å². The molecule has 1 aliphatic rings. The molecule has 5 rings (SSSR count). The molecule has 1 N–H and O–H groups in total. The number of rotatable bonds is 8. The van der Waals surface area contributed by atoms with Gasteiger partial charge in [-0.3, -0.25) is 9.98 Å². The van der Waals surface area contributed by atoms with Crippen LogP contribution < -0.4 is 10.1 Å². The van der Waals surface area contributed by atoms with E-state index in [-0.39, 0.29) is 6.54 Å². The summed E-state index contributed by atoms with van der Waals surface area (Å²) >= 11 is 0. The van der Waals surface area contributed by atoms with E-state index in [4.69, 9.17) is 4.74 Å². The maximum Gasteiger partial charge on any atom is 0.131 e. The Labute approximate surface area is 214 Å². The molecular formula is C31H25F2N3O. The Bertz CT molecular complexity index is 1520. The SMILES string of the molecule is C=C(NCc1cc(F)cc(F)c1)c1cccc(Oc2ccnc(-c3cccc(C4=CC=NC4)c3)c2)c1C. The van der Waals surface area contributed by atoms with Gasteiger partial charge in [0.15, 0.2) is 0 Å². The highest BCUT2D eigenvalue weighted by Gasteiger charge is 2.12. The number of aliphatic imine (C=N–C) groups is 1. The summed E-state index contributed by atoms with van der Waals surface area (Å²) in [4.78, 5) is 8.82. The van der Waals surface area contributed by atoms with Crippen LogP contribution in [-0.4, -0.2) is 17.7 Å². The van der Waals surface area contributed by atoms with Gasteiger partial charge in [-0.2, -0.15) is 0 Å². The summed E-state index contributed by atoms with van der Waals surface area (Å²) in [7, 11) is 0.